The number of amides is 2. The number of morpholine rings is 1. The van der Waals surface area contributed by atoms with Crippen LogP contribution in [-0.4, -0.2) is 66.3 Å². The van der Waals surface area contributed by atoms with Crippen LogP contribution in [0.15, 0.2) is 0 Å². The fourth-order valence-electron chi connectivity index (χ4n) is 1.63. The minimum absolute atomic E-state index is 0.294. The third kappa shape index (κ3) is 2.38. The maximum atomic E-state index is 11.7. The van der Waals surface area contributed by atoms with E-state index in [1.807, 2.05) is 0 Å². The lowest BCUT2D eigenvalue weighted by molar-refractivity contribution is -0.152. The van der Waals surface area contributed by atoms with Gasteiger partial charge in [0.15, 0.2) is 6.04 Å². The van der Waals surface area contributed by atoms with Gasteiger partial charge in [-0.2, -0.15) is 0 Å². The van der Waals surface area contributed by atoms with Gasteiger partial charge in [-0.1, -0.05) is 0 Å². The van der Waals surface area contributed by atoms with Crippen LogP contribution in [-0.2, 0) is 9.53 Å². The van der Waals surface area contributed by atoms with Gasteiger partial charge in [0.2, 0.25) is 0 Å². The highest BCUT2D eigenvalue weighted by Gasteiger charge is 2.38. The van der Waals surface area contributed by atoms with Crippen molar-refractivity contribution in [3.05, 3.63) is 0 Å². The summed E-state index contributed by atoms with van der Waals surface area (Å²) in [6, 6.07) is -1.19. The molecule has 2 unspecified atom stereocenters. The fraction of sp³-hybridized carbons (Fsp3) is 0.778. The van der Waals surface area contributed by atoms with Crippen molar-refractivity contribution in [2.24, 2.45) is 0 Å². The normalized spacial score (nSPS) is 26.2. The Kier molecular flexibility index (Phi) is 3.52. The van der Waals surface area contributed by atoms with Crippen molar-refractivity contribution in [3.8, 4) is 0 Å². The van der Waals surface area contributed by atoms with Crippen LogP contribution < -0.4 is 0 Å². The third-order valence-electron chi connectivity index (χ3n) is 2.37. The Morgan fingerprint density at radius 2 is 2.07 bits per heavy atom. The first-order valence-corrected chi connectivity index (χ1v) is 4.77. The first-order valence-electron chi connectivity index (χ1n) is 4.77. The second-order valence-electron chi connectivity index (χ2n) is 3.73. The zero-order valence-electron chi connectivity index (χ0n) is 9.14. The Morgan fingerprint density at radius 1 is 1.47 bits per heavy atom. The lowest BCUT2D eigenvalue weighted by atomic mass is 10.1. The number of aliphatic carboxylic acids is 1. The molecule has 1 N–H and O–H groups in total. The Balaban J connectivity index is 2.84. The Morgan fingerprint density at radius 3 is 2.53 bits per heavy atom. The summed E-state index contributed by atoms with van der Waals surface area (Å²) in [7, 11) is 3.20. The predicted molar refractivity (Wildman–Crippen MR) is 52.6 cm³/mol. The zero-order chi connectivity index (χ0) is 11.6. The van der Waals surface area contributed by atoms with Gasteiger partial charge in [-0.05, 0) is 6.92 Å². The molecular weight excluding hydrogens is 200 g/mol. The maximum Gasteiger partial charge on any atom is 0.329 e. The van der Waals surface area contributed by atoms with E-state index in [0.29, 0.717) is 13.2 Å². The highest BCUT2D eigenvalue weighted by molar-refractivity contribution is 5.83. The largest absolute Gasteiger partial charge is 0.480 e. The summed E-state index contributed by atoms with van der Waals surface area (Å²) in [6.45, 7) is 2.36. The molecule has 0 bridgehead atoms. The average molecular weight is 216 g/mol. The molecule has 6 nitrogen and oxygen atoms in total. The molecule has 2 atom stereocenters. The first kappa shape index (κ1) is 11.8. The molecule has 1 heterocycles. The molecule has 0 aliphatic carbocycles. The molecule has 86 valence electrons. The van der Waals surface area contributed by atoms with Crippen LogP contribution in [0.4, 0.5) is 4.79 Å². The van der Waals surface area contributed by atoms with E-state index >= 15 is 0 Å². The van der Waals surface area contributed by atoms with Crippen molar-refractivity contribution in [1.29, 1.82) is 0 Å². The number of nitrogens with zero attached hydrogens (tertiary/aromatic N) is 2. The van der Waals surface area contributed by atoms with Gasteiger partial charge in [-0.3, -0.25) is 0 Å². The smallest absolute Gasteiger partial charge is 0.329 e. The van der Waals surface area contributed by atoms with Gasteiger partial charge in [-0.15, -0.1) is 0 Å². The van der Waals surface area contributed by atoms with Crippen LogP contribution in [0.25, 0.3) is 0 Å². The van der Waals surface area contributed by atoms with Gasteiger partial charge in [-0.25, -0.2) is 9.59 Å². The van der Waals surface area contributed by atoms with Gasteiger partial charge >= 0.3 is 12.0 Å². The molecule has 1 fully saturated rings. The molecule has 0 aromatic rings. The molecule has 6 heteroatoms. The summed E-state index contributed by atoms with van der Waals surface area (Å²) in [5.41, 5.74) is 0. The molecule has 0 radical (unpaired) electrons. The molecular formula is C9H16N2O4. The molecule has 1 saturated heterocycles. The predicted octanol–water partition coefficient (Wildman–Crippen LogP) is -0.158. The number of hydrogen-bond donors (Lipinski definition) is 1. The number of carbonyl (C=O) groups excluding carboxylic acids is 1. The lowest BCUT2D eigenvalue weighted by Crippen LogP contribution is -2.58. The van der Waals surface area contributed by atoms with E-state index in [0.717, 1.165) is 0 Å². The Hall–Kier alpha value is -1.30. The topological polar surface area (TPSA) is 70.1 Å². The number of rotatable bonds is 1. The number of ether oxygens (including phenoxy) is 1. The number of carboxylic acid groups (broad SMARTS) is 1. The lowest BCUT2D eigenvalue weighted by Gasteiger charge is -2.38. The van der Waals surface area contributed by atoms with Crippen molar-refractivity contribution in [3.63, 3.8) is 0 Å². The molecule has 2 amide bonds. The van der Waals surface area contributed by atoms with E-state index < -0.39 is 18.1 Å². The van der Waals surface area contributed by atoms with Crippen LogP contribution in [0.1, 0.15) is 6.92 Å². The summed E-state index contributed by atoms with van der Waals surface area (Å²) in [6.07, 6.45) is -0.472. The highest BCUT2D eigenvalue weighted by atomic mass is 16.5. The molecule has 1 aliphatic heterocycles. The monoisotopic (exact) mass is 216 g/mol. The summed E-state index contributed by atoms with van der Waals surface area (Å²) in [4.78, 5) is 25.4. The Bertz CT molecular complexity index is 267. The van der Waals surface area contributed by atoms with Crippen LogP contribution in [0.3, 0.4) is 0 Å². The second kappa shape index (κ2) is 4.48. The summed E-state index contributed by atoms with van der Waals surface area (Å²) in [5, 5.41) is 9.02. The quantitative estimate of drug-likeness (QED) is 0.661. The SMILES string of the molecule is CC1OCCN(C(=O)N(C)C)C1C(=O)O. The number of urea groups is 1. The fourth-order valence-corrected chi connectivity index (χ4v) is 1.63. The van der Waals surface area contributed by atoms with E-state index in [-0.39, 0.29) is 6.03 Å². The molecule has 1 aliphatic rings. The van der Waals surface area contributed by atoms with Crippen molar-refractivity contribution in [1.82, 2.24) is 9.80 Å². The average Bonchev–Trinajstić information content (AvgIpc) is 2.15. The summed E-state index contributed by atoms with van der Waals surface area (Å²) >= 11 is 0. The van der Waals surface area contributed by atoms with Crippen LogP contribution in [0.5, 0.6) is 0 Å². The summed E-state index contributed by atoms with van der Waals surface area (Å²) < 4.78 is 5.22. The van der Waals surface area contributed by atoms with Crippen molar-refractivity contribution in [2.75, 3.05) is 27.2 Å². The molecule has 15 heavy (non-hydrogen) atoms. The number of hydrogen-bond acceptors (Lipinski definition) is 3. The minimum Gasteiger partial charge on any atom is -0.480 e. The van der Waals surface area contributed by atoms with E-state index in [9.17, 15) is 9.59 Å². The first-order chi connectivity index (χ1) is 6.95. The Labute approximate surface area is 88.4 Å². The number of carbonyl (C=O) groups is 2. The molecule has 0 aromatic carbocycles. The van der Waals surface area contributed by atoms with Gasteiger partial charge in [0.25, 0.3) is 0 Å². The number of carboxylic acids is 1. The van der Waals surface area contributed by atoms with Crippen LogP contribution in [0, 0.1) is 0 Å². The molecule has 0 aromatic heterocycles. The van der Waals surface area contributed by atoms with E-state index in [1.54, 1.807) is 21.0 Å². The van der Waals surface area contributed by atoms with E-state index in [4.69, 9.17) is 9.84 Å². The van der Waals surface area contributed by atoms with Gasteiger partial charge in [0.1, 0.15) is 0 Å². The highest BCUT2D eigenvalue weighted by Crippen LogP contribution is 2.15. The van der Waals surface area contributed by atoms with Crippen molar-refractivity contribution < 1.29 is 19.4 Å². The second-order valence-corrected chi connectivity index (χ2v) is 3.73. The maximum absolute atomic E-state index is 11.7. The van der Waals surface area contributed by atoms with E-state index in [1.165, 1.54) is 9.80 Å². The minimum atomic E-state index is -1.03. The van der Waals surface area contributed by atoms with Gasteiger partial charge in [0.05, 0.1) is 12.7 Å². The van der Waals surface area contributed by atoms with Crippen LogP contribution >= 0.6 is 0 Å². The zero-order valence-corrected chi connectivity index (χ0v) is 9.14. The van der Waals surface area contributed by atoms with Crippen LogP contribution in [0.2, 0.25) is 0 Å². The molecule has 1 rings (SSSR count). The molecule has 0 spiro atoms. The van der Waals surface area contributed by atoms with Gasteiger partial charge < -0.3 is 19.6 Å². The van der Waals surface area contributed by atoms with Gasteiger partial charge in [0, 0.05) is 20.6 Å². The summed E-state index contributed by atoms with van der Waals surface area (Å²) in [5.74, 6) is -1.03. The third-order valence-corrected chi connectivity index (χ3v) is 2.37. The van der Waals surface area contributed by atoms with Crippen molar-refractivity contribution in [2.45, 2.75) is 19.1 Å². The van der Waals surface area contributed by atoms with Crippen molar-refractivity contribution >= 4 is 12.0 Å². The molecule has 0 saturated carbocycles. The van der Waals surface area contributed by atoms with E-state index in [2.05, 4.69) is 0 Å². The standard InChI is InChI=1S/C9H16N2O4/c1-6-7(8(12)13)11(4-5-15-6)9(14)10(2)3/h6-7H,4-5H2,1-3H3,(H,12,13).